The number of ether oxygens (including phenoxy) is 1. The quantitative estimate of drug-likeness (QED) is 0.552. The standard InChI is InChI=1S/C23H26ClN3O5S/c1-17-2-8-20(9-3-17)33(30,31)26(11-10-25-12-14-32-15-13-25)21-16-22(28)27(23(21)29)19-6-4-18(24)5-7-19/h2-9,21H,10-16H2,1H3. The van der Waals surface area contributed by atoms with Crippen molar-refractivity contribution in [3.63, 3.8) is 0 Å². The number of aryl methyl sites for hydroxylation is 1. The molecule has 2 aromatic rings. The van der Waals surface area contributed by atoms with Crippen LogP contribution in [0.3, 0.4) is 0 Å². The maximum atomic E-state index is 13.6. The monoisotopic (exact) mass is 491 g/mol. The van der Waals surface area contributed by atoms with Gasteiger partial charge in [-0.05, 0) is 43.3 Å². The largest absolute Gasteiger partial charge is 0.379 e. The van der Waals surface area contributed by atoms with Crippen LogP contribution in [0.5, 0.6) is 0 Å². The minimum absolute atomic E-state index is 0.0916. The molecule has 33 heavy (non-hydrogen) atoms. The molecule has 2 aliphatic rings. The highest BCUT2D eigenvalue weighted by Gasteiger charge is 2.46. The van der Waals surface area contributed by atoms with Crippen LogP contribution < -0.4 is 4.90 Å². The molecule has 8 nitrogen and oxygen atoms in total. The Morgan fingerprint density at radius 3 is 2.30 bits per heavy atom. The van der Waals surface area contributed by atoms with Crippen LogP contribution in [0.15, 0.2) is 53.4 Å². The van der Waals surface area contributed by atoms with Crippen molar-refractivity contribution in [3.8, 4) is 0 Å². The van der Waals surface area contributed by atoms with E-state index < -0.39 is 27.9 Å². The molecule has 176 valence electrons. The summed E-state index contributed by atoms with van der Waals surface area (Å²) < 4.78 is 33.8. The summed E-state index contributed by atoms with van der Waals surface area (Å²) in [5.41, 5.74) is 1.30. The minimum Gasteiger partial charge on any atom is -0.379 e. The summed E-state index contributed by atoms with van der Waals surface area (Å²) in [5.74, 6) is -0.997. The minimum atomic E-state index is -4.02. The summed E-state index contributed by atoms with van der Waals surface area (Å²) in [5, 5.41) is 0.475. The molecule has 0 saturated carbocycles. The Morgan fingerprint density at radius 2 is 1.67 bits per heavy atom. The van der Waals surface area contributed by atoms with E-state index >= 15 is 0 Å². The highest BCUT2D eigenvalue weighted by Crippen LogP contribution is 2.30. The topological polar surface area (TPSA) is 87.2 Å². The van der Waals surface area contributed by atoms with Gasteiger partial charge < -0.3 is 4.74 Å². The van der Waals surface area contributed by atoms with Crippen LogP contribution in [-0.2, 0) is 24.3 Å². The van der Waals surface area contributed by atoms with Crippen molar-refractivity contribution in [1.82, 2.24) is 9.21 Å². The molecule has 10 heteroatoms. The highest BCUT2D eigenvalue weighted by molar-refractivity contribution is 7.89. The average Bonchev–Trinajstić information content (AvgIpc) is 3.09. The lowest BCUT2D eigenvalue weighted by Gasteiger charge is -2.31. The summed E-state index contributed by atoms with van der Waals surface area (Å²) in [4.78, 5) is 29.4. The van der Waals surface area contributed by atoms with Crippen LogP contribution in [0, 0.1) is 6.92 Å². The maximum absolute atomic E-state index is 13.6. The Bertz CT molecular complexity index is 1120. The van der Waals surface area contributed by atoms with Crippen molar-refractivity contribution in [3.05, 3.63) is 59.1 Å². The van der Waals surface area contributed by atoms with E-state index in [4.69, 9.17) is 16.3 Å². The smallest absolute Gasteiger partial charge is 0.252 e. The maximum Gasteiger partial charge on any atom is 0.252 e. The third kappa shape index (κ3) is 5.12. The van der Waals surface area contributed by atoms with Gasteiger partial charge in [0.2, 0.25) is 15.9 Å². The normalized spacial score (nSPS) is 20.1. The first-order chi connectivity index (χ1) is 15.8. The van der Waals surface area contributed by atoms with E-state index in [2.05, 4.69) is 4.90 Å². The second kappa shape index (κ2) is 9.90. The van der Waals surface area contributed by atoms with Gasteiger partial charge in [0.05, 0.1) is 30.2 Å². The van der Waals surface area contributed by atoms with E-state index in [1.54, 1.807) is 36.4 Å². The lowest BCUT2D eigenvalue weighted by Crippen LogP contribution is -2.49. The van der Waals surface area contributed by atoms with Crippen LogP contribution in [0.1, 0.15) is 12.0 Å². The van der Waals surface area contributed by atoms with Gasteiger partial charge in [-0.15, -0.1) is 0 Å². The van der Waals surface area contributed by atoms with E-state index in [1.165, 1.54) is 16.4 Å². The van der Waals surface area contributed by atoms with Crippen LogP contribution >= 0.6 is 11.6 Å². The van der Waals surface area contributed by atoms with Crippen molar-refractivity contribution >= 4 is 39.1 Å². The first-order valence-corrected chi connectivity index (χ1v) is 12.6. The number of carbonyl (C=O) groups is 2. The van der Waals surface area contributed by atoms with Crippen LogP contribution in [0.4, 0.5) is 5.69 Å². The molecule has 0 aromatic heterocycles. The summed E-state index contributed by atoms with van der Waals surface area (Å²) in [6, 6.07) is 11.7. The molecule has 2 heterocycles. The van der Waals surface area contributed by atoms with E-state index in [9.17, 15) is 18.0 Å². The first-order valence-electron chi connectivity index (χ1n) is 10.8. The SMILES string of the molecule is Cc1ccc(S(=O)(=O)N(CCN2CCOCC2)C2CC(=O)N(c3ccc(Cl)cc3)C2=O)cc1. The Morgan fingerprint density at radius 1 is 1.03 bits per heavy atom. The van der Waals surface area contributed by atoms with Gasteiger partial charge in [-0.2, -0.15) is 4.31 Å². The Labute approximate surface area is 198 Å². The molecule has 0 aliphatic carbocycles. The van der Waals surface area contributed by atoms with Gasteiger partial charge in [0, 0.05) is 31.2 Å². The number of nitrogens with zero attached hydrogens (tertiary/aromatic N) is 3. The van der Waals surface area contributed by atoms with Crippen molar-refractivity contribution in [2.24, 2.45) is 0 Å². The zero-order valence-corrected chi connectivity index (χ0v) is 19.9. The molecular weight excluding hydrogens is 466 g/mol. The summed E-state index contributed by atoms with van der Waals surface area (Å²) in [6.07, 6.45) is -0.213. The second-order valence-electron chi connectivity index (χ2n) is 8.15. The zero-order valence-electron chi connectivity index (χ0n) is 18.3. The van der Waals surface area contributed by atoms with Crippen LogP contribution in [0.2, 0.25) is 5.02 Å². The molecule has 2 saturated heterocycles. The van der Waals surface area contributed by atoms with E-state index in [0.29, 0.717) is 43.6 Å². The van der Waals surface area contributed by atoms with Crippen molar-refractivity contribution in [1.29, 1.82) is 0 Å². The number of morpholine rings is 1. The number of sulfonamides is 1. The first kappa shape index (κ1) is 23.8. The molecule has 2 amide bonds. The summed E-state index contributed by atoms with van der Waals surface area (Å²) >= 11 is 5.93. The van der Waals surface area contributed by atoms with Crippen molar-refractivity contribution in [2.75, 3.05) is 44.3 Å². The molecule has 2 aliphatic heterocycles. The van der Waals surface area contributed by atoms with Crippen LogP contribution in [0.25, 0.3) is 0 Å². The van der Waals surface area contributed by atoms with Crippen LogP contribution in [-0.4, -0.2) is 74.9 Å². The van der Waals surface area contributed by atoms with E-state index in [1.807, 2.05) is 6.92 Å². The molecule has 0 radical (unpaired) electrons. The van der Waals surface area contributed by atoms with E-state index in [0.717, 1.165) is 10.5 Å². The fourth-order valence-electron chi connectivity index (χ4n) is 4.06. The van der Waals surface area contributed by atoms with Crippen molar-refractivity contribution in [2.45, 2.75) is 24.3 Å². The molecule has 0 bridgehead atoms. The second-order valence-corrected chi connectivity index (χ2v) is 10.5. The number of hydrogen-bond donors (Lipinski definition) is 0. The van der Waals surface area contributed by atoms with Crippen molar-refractivity contribution < 1.29 is 22.7 Å². The van der Waals surface area contributed by atoms with Gasteiger partial charge in [-0.1, -0.05) is 29.3 Å². The lowest BCUT2D eigenvalue weighted by molar-refractivity contribution is -0.122. The average molecular weight is 492 g/mol. The number of carbonyl (C=O) groups excluding carboxylic acids is 2. The molecule has 0 spiro atoms. The predicted octanol–water partition coefficient (Wildman–Crippen LogP) is 2.30. The lowest BCUT2D eigenvalue weighted by atomic mass is 10.2. The third-order valence-electron chi connectivity index (χ3n) is 5.92. The molecular formula is C23H26ClN3O5S. The number of rotatable bonds is 7. The zero-order chi connectivity index (χ0) is 23.6. The molecule has 2 fully saturated rings. The van der Waals surface area contributed by atoms with Gasteiger partial charge >= 0.3 is 0 Å². The molecule has 0 N–H and O–H groups in total. The summed E-state index contributed by atoms with van der Waals surface area (Å²) in [7, 11) is -4.02. The van der Waals surface area contributed by atoms with Gasteiger partial charge in [-0.25, -0.2) is 13.3 Å². The molecule has 4 rings (SSSR count). The van der Waals surface area contributed by atoms with E-state index in [-0.39, 0.29) is 17.9 Å². The fraction of sp³-hybridized carbons (Fsp3) is 0.391. The number of benzene rings is 2. The number of hydrogen-bond acceptors (Lipinski definition) is 6. The molecule has 2 aromatic carbocycles. The number of anilines is 1. The molecule has 1 atom stereocenters. The van der Waals surface area contributed by atoms with Gasteiger partial charge in [0.25, 0.3) is 5.91 Å². The Balaban J connectivity index is 1.64. The van der Waals surface area contributed by atoms with Gasteiger partial charge in [-0.3, -0.25) is 14.5 Å². The number of imide groups is 1. The molecule has 1 unspecified atom stereocenters. The number of halogens is 1. The van der Waals surface area contributed by atoms with Gasteiger partial charge in [0.15, 0.2) is 0 Å². The Kier molecular flexibility index (Phi) is 7.16. The predicted molar refractivity (Wildman–Crippen MR) is 125 cm³/mol. The Hall–Kier alpha value is -2.30. The highest BCUT2D eigenvalue weighted by atomic mass is 35.5. The third-order valence-corrected chi connectivity index (χ3v) is 8.10. The fourth-order valence-corrected chi connectivity index (χ4v) is 5.75. The summed E-state index contributed by atoms with van der Waals surface area (Å²) in [6.45, 7) is 4.93. The number of amides is 2. The van der Waals surface area contributed by atoms with Gasteiger partial charge in [0.1, 0.15) is 6.04 Å².